The van der Waals surface area contributed by atoms with Gasteiger partial charge < -0.3 is 20.3 Å². The van der Waals surface area contributed by atoms with Crippen LogP contribution >= 0.6 is 0 Å². The lowest BCUT2D eigenvalue weighted by Gasteiger charge is -2.29. The zero-order valence-electron chi connectivity index (χ0n) is 13.9. The minimum Gasteiger partial charge on any atom is -0.489 e. The van der Waals surface area contributed by atoms with Crippen molar-refractivity contribution in [3.05, 3.63) is 41.2 Å². The molecule has 0 radical (unpaired) electrons. The highest BCUT2D eigenvalue weighted by Crippen LogP contribution is 2.24. The molecule has 1 heterocycles. The SMILES string of the molecule is CN(C)C(=O)CN1CCc2cc(OC/C(=C\F)CN)ccc2C1=O. The fraction of sp³-hybridized carbons (Fsp3) is 0.412. The van der Waals surface area contributed by atoms with Gasteiger partial charge in [-0.15, -0.1) is 0 Å². The summed E-state index contributed by atoms with van der Waals surface area (Å²) in [5, 5.41) is 0. The van der Waals surface area contributed by atoms with Gasteiger partial charge in [-0.1, -0.05) is 0 Å². The zero-order chi connectivity index (χ0) is 17.7. The summed E-state index contributed by atoms with van der Waals surface area (Å²) in [5.41, 5.74) is 7.18. The molecule has 2 N–H and O–H groups in total. The Kier molecular flexibility index (Phi) is 5.92. The number of rotatable bonds is 6. The topological polar surface area (TPSA) is 75.9 Å². The quantitative estimate of drug-likeness (QED) is 0.840. The molecule has 6 nitrogen and oxygen atoms in total. The predicted octanol–water partition coefficient (Wildman–Crippen LogP) is 0.964. The third-order valence-corrected chi connectivity index (χ3v) is 3.91. The molecule has 0 fully saturated rings. The van der Waals surface area contributed by atoms with E-state index in [-0.39, 0.29) is 31.5 Å². The van der Waals surface area contributed by atoms with Crippen LogP contribution in [-0.2, 0) is 11.2 Å². The average Bonchev–Trinajstić information content (AvgIpc) is 2.58. The Labute approximate surface area is 140 Å². The number of carbonyl (C=O) groups excluding carboxylic acids is 2. The molecule has 0 aliphatic carbocycles. The third kappa shape index (κ3) is 4.11. The molecule has 7 heteroatoms. The van der Waals surface area contributed by atoms with Crippen molar-refractivity contribution in [2.45, 2.75) is 6.42 Å². The van der Waals surface area contributed by atoms with Crippen molar-refractivity contribution in [3.63, 3.8) is 0 Å². The van der Waals surface area contributed by atoms with Gasteiger partial charge in [0.2, 0.25) is 5.91 Å². The van der Waals surface area contributed by atoms with Gasteiger partial charge in [0.25, 0.3) is 5.91 Å². The fourth-order valence-corrected chi connectivity index (χ4v) is 2.37. The molecule has 2 amide bonds. The summed E-state index contributed by atoms with van der Waals surface area (Å²) in [6, 6.07) is 5.13. The number of benzene rings is 1. The first-order chi connectivity index (χ1) is 11.5. The zero-order valence-corrected chi connectivity index (χ0v) is 13.9. The first-order valence-corrected chi connectivity index (χ1v) is 7.69. The summed E-state index contributed by atoms with van der Waals surface area (Å²) < 4.78 is 18.0. The molecule has 0 saturated carbocycles. The molecule has 0 bridgehead atoms. The summed E-state index contributed by atoms with van der Waals surface area (Å²) in [5.74, 6) is 0.288. The molecule has 1 aromatic rings. The molecule has 130 valence electrons. The largest absolute Gasteiger partial charge is 0.489 e. The maximum Gasteiger partial charge on any atom is 0.254 e. The minimum atomic E-state index is -0.163. The van der Waals surface area contributed by atoms with Gasteiger partial charge in [-0.25, -0.2) is 4.39 Å². The van der Waals surface area contributed by atoms with Crippen LogP contribution in [0.25, 0.3) is 0 Å². The van der Waals surface area contributed by atoms with E-state index in [1.54, 1.807) is 37.2 Å². The Morgan fingerprint density at radius 3 is 2.83 bits per heavy atom. The number of carbonyl (C=O) groups is 2. The lowest BCUT2D eigenvalue weighted by Crippen LogP contribution is -2.43. The fourth-order valence-electron chi connectivity index (χ4n) is 2.37. The molecule has 0 atom stereocenters. The van der Waals surface area contributed by atoms with Crippen LogP contribution in [0.15, 0.2) is 30.1 Å². The number of nitrogens with two attached hydrogens (primary N) is 1. The van der Waals surface area contributed by atoms with Gasteiger partial charge in [0.05, 0.1) is 6.33 Å². The number of hydrogen-bond acceptors (Lipinski definition) is 4. The van der Waals surface area contributed by atoms with E-state index < -0.39 is 0 Å². The van der Waals surface area contributed by atoms with E-state index in [4.69, 9.17) is 10.5 Å². The van der Waals surface area contributed by atoms with Crippen LogP contribution in [0.1, 0.15) is 15.9 Å². The Balaban J connectivity index is 2.07. The third-order valence-electron chi connectivity index (χ3n) is 3.91. The van der Waals surface area contributed by atoms with Crippen molar-refractivity contribution in [3.8, 4) is 5.75 Å². The monoisotopic (exact) mass is 335 g/mol. The van der Waals surface area contributed by atoms with E-state index in [1.807, 2.05) is 0 Å². The number of amides is 2. The number of fused-ring (bicyclic) bond motifs is 1. The van der Waals surface area contributed by atoms with Crippen molar-refractivity contribution in [1.29, 1.82) is 0 Å². The maximum atomic E-state index is 12.5. The van der Waals surface area contributed by atoms with Gasteiger partial charge in [-0.2, -0.15) is 0 Å². The second-order valence-corrected chi connectivity index (χ2v) is 5.84. The van der Waals surface area contributed by atoms with Crippen molar-refractivity contribution in [2.24, 2.45) is 5.73 Å². The van der Waals surface area contributed by atoms with Crippen LogP contribution in [0.5, 0.6) is 5.75 Å². The number of hydrogen-bond donors (Lipinski definition) is 1. The van der Waals surface area contributed by atoms with E-state index in [1.165, 1.54) is 4.90 Å². The van der Waals surface area contributed by atoms with Crippen molar-refractivity contribution >= 4 is 11.8 Å². The van der Waals surface area contributed by atoms with E-state index in [0.29, 0.717) is 36.2 Å². The number of nitrogens with zero attached hydrogens (tertiary/aromatic N) is 2. The molecule has 24 heavy (non-hydrogen) atoms. The van der Waals surface area contributed by atoms with Gasteiger partial charge in [0, 0.05) is 38.3 Å². The summed E-state index contributed by atoms with van der Waals surface area (Å²) in [7, 11) is 3.32. The van der Waals surface area contributed by atoms with Crippen LogP contribution in [0.4, 0.5) is 4.39 Å². The van der Waals surface area contributed by atoms with Crippen molar-refractivity contribution in [2.75, 3.05) is 40.3 Å². The molecule has 1 aromatic carbocycles. The summed E-state index contributed by atoms with van der Waals surface area (Å²) >= 11 is 0. The molecule has 1 aliphatic rings. The van der Waals surface area contributed by atoms with Gasteiger partial charge in [0.15, 0.2) is 0 Å². The molecule has 0 aromatic heterocycles. The van der Waals surface area contributed by atoms with Crippen LogP contribution in [-0.4, -0.2) is 62.0 Å². The summed E-state index contributed by atoms with van der Waals surface area (Å²) in [6.45, 7) is 0.718. The second kappa shape index (κ2) is 7.92. The van der Waals surface area contributed by atoms with Gasteiger partial charge in [-0.05, 0) is 30.2 Å². The Hall–Kier alpha value is -2.41. The highest BCUT2D eigenvalue weighted by atomic mass is 19.1. The molecule has 0 unspecified atom stereocenters. The van der Waals surface area contributed by atoms with E-state index in [2.05, 4.69) is 0 Å². The molecular weight excluding hydrogens is 313 g/mol. The Bertz CT molecular complexity index is 658. The number of likely N-dealkylation sites (N-methyl/N-ethyl adjacent to an activating group) is 1. The molecule has 1 aliphatic heterocycles. The van der Waals surface area contributed by atoms with E-state index in [9.17, 15) is 14.0 Å². The van der Waals surface area contributed by atoms with Crippen LogP contribution in [0.3, 0.4) is 0 Å². The highest BCUT2D eigenvalue weighted by Gasteiger charge is 2.26. The van der Waals surface area contributed by atoms with Crippen LogP contribution in [0, 0.1) is 0 Å². The van der Waals surface area contributed by atoms with Crippen LogP contribution in [0.2, 0.25) is 0 Å². The smallest absolute Gasteiger partial charge is 0.254 e. The number of ether oxygens (including phenoxy) is 1. The van der Waals surface area contributed by atoms with Gasteiger partial charge >= 0.3 is 0 Å². The second-order valence-electron chi connectivity index (χ2n) is 5.84. The first-order valence-electron chi connectivity index (χ1n) is 7.69. The Morgan fingerprint density at radius 1 is 1.46 bits per heavy atom. The van der Waals surface area contributed by atoms with E-state index in [0.717, 1.165) is 5.56 Å². The Morgan fingerprint density at radius 2 is 2.21 bits per heavy atom. The lowest BCUT2D eigenvalue weighted by molar-refractivity contribution is -0.129. The average molecular weight is 335 g/mol. The summed E-state index contributed by atoms with van der Waals surface area (Å²) in [6.07, 6.45) is 1.09. The van der Waals surface area contributed by atoms with Crippen molar-refractivity contribution in [1.82, 2.24) is 9.80 Å². The van der Waals surface area contributed by atoms with Crippen molar-refractivity contribution < 1.29 is 18.7 Å². The van der Waals surface area contributed by atoms with E-state index >= 15 is 0 Å². The molecule has 0 spiro atoms. The molecule has 0 saturated heterocycles. The predicted molar refractivity (Wildman–Crippen MR) is 88.5 cm³/mol. The standard InChI is InChI=1S/C17H22FN3O3/c1-20(2)16(22)10-21-6-5-13-7-14(3-4-15(13)17(21)23)24-11-12(8-18)9-19/h3-4,7-8H,5-6,9-11,19H2,1-2H3/b12-8-. The minimum absolute atomic E-state index is 0.0726. The van der Waals surface area contributed by atoms with Crippen LogP contribution < -0.4 is 10.5 Å². The molecular formula is C17H22FN3O3. The van der Waals surface area contributed by atoms with Gasteiger partial charge in [0.1, 0.15) is 18.9 Å². The first kappa shape index (κ1) is 17.9. The maximum absolute atomic E-state index is 12.5. The number of halogens is 1. The molecule has 2 rings (SSSR count). The van der Waals surface area contributed by atoms with Gasteiger partial charge in [-0.3, -0.25) is 9.59 Å². The summed E-state index contributed by atoms with van der Waals surface area (Å²) in [4.78, 5) is 27.3. The normalized spacial score (nSPS) is 14.4. The lowest BCUT2D eigenvalue weighted by atomic mass is 9.98. The highest BCUT2D eigenvalue weighted by molar-refractivity contribution is 5.98.